The molecule has 0 spiro atoms. The van der Waals surface area contributed by atoms with Crippen LogP contribution in [-0.2, 0) is 16.1 Å². The number of carbonyl (C=O) groups excluding carboxylic acids is 3. The molecule has 3 aromatic carbocycles. The fourth-order valence-electron chi connectivity index (χ4n) is 4.49. The number of carbonyl (C=O) groups is 3. The number of nitrogens with one attached hydrogen (secondary N) is 1. The standard InChI is InChI=1S/C29H24FN3O4/c1-18-13-19(2)15-23(14-18)37-12-11-32-17-20(24-5-3-4-6-26(24)32)16-25-27(34)31-29(36)33(28(25)35)22-9-7-21(30)8-10-22/h3-10,13-17H,11-12H2,1-2H3,(H,31,34,36)/b25-16-. The molecule has 0 saturated carbocycles. The Bertz CT molecular complexity index is 1550. The first kappa shape index (κ1) is 24.0. The van der Waals surface area contributed by atoms with Gasteiger partial charge in [0, 0.05) is 22.7 Å². The topological polar surface area (TPSA) is 80.6 Å². The van der Waals surface area contributed by atoms with Gasteiger partial charge >= 0.3 is 6.03 Å². The lowest BCUT2D eigenvalue weighted by atomic mass is 10.1. The molecule has 2 heterocycles. The van der Waals surface area contributed by atoms with E-state index in [0.717, 1.165) is 44.8 Å². The van der Waals surface area contributed by atoms with Crippen LogP contribution in [0.3, 0.4) is 0 Å². The average Bonchev–Trinajstić information content (AvgIpc) is 3.20. The second-order valence-electron chi connectivity index (χ2n) is 8.90. The summed E-state index contributed by atoms with van der Waals surface area (Å²) in [4.78, 5) is 39.1. The second kappa shape index (κ2) is 9.73. The van der Waals surface area contributed by atoms with Crippen molar-refractivity contribution in [2.24, 2.45) is 0 Å². The molecule has 0 bridgehead atoms. The van der Waals surface area contributed by atoms with Crippen LogP contribution in [0, 0.1) is 19.7 Å². The molecule has 0 unspecified atom stereocenters. The highest BCUT2D eigenvalue weighted by molar-refractivity contribution is 6.39. The molecule has 8 heteroatoms. The minimum atomic E-state index is -0.885. The van der Waals surface area contributed by atoms with E-state index in [-0.39, 0.29) is 11.3 Å². The first-order chi connectivity index (χ1) is 17.8. The summed E-state index contributed by atoms with van der Waals surface area (Å²) in [6.45, 7) is 5.00. The number of fused-ring (bicyclic) bond motifs is 1. The average molecular weight is 498 g/mol. The van der Waals surface area contributed by atoms with Gasteiger partial charge in [-0.1, -0.05) is 24.3 Å². The summed E-state index contributed by atoms with van der Waals surface area (Å²) in [7, 11) is 0. The van der Waals surface area contributed by atoms with E-state index in [1.54, 1.807) is 0 Å². The normalized spacial score (nSPS) is 14.9. The number of hydrogen-bond donors (Lipinski definition) is 1. The van der Waals surface area contributed by atoms with E-state index < -0.39 is 23.7 Å². The largest absolute Gasteiger partial charge is 0.492 e. The van der Waals surface area contributed by atoms with E-state index in [0.29, 0.717) is 18.7 Å². The Morgan fingerprint density at radius 3 is 2.38 bits per heavy atom. The summed E-state index contributed by atoms with van der Waals surface area (Å²) < 4.78 is 21.3. The number of halogens is 1. The maximum Gasteiger partial charge on any atom is 0.335 e. The molecule has 37 heavy (non-hydrogen) atoms. The van der Waals surface area contributed by atoms with Crippen LogP contribution >= 0.6 is 0 Å². The van der Waals surface area contributed by atoms with E-state index >= 15 is 0 Å². The Morgan fingerprint density at radius 2 is 1.65 bits per heavy atom. The van der Waals surface area contributed by atoms with Crippen molar-refractivity contribution in [1.82, 2.24) is 9.88 Å². The molecule has 1 aromatic heterocycles. The molecule has 1 fully saturated rings. The Kier molecular flexibility index (Phi) is 6.31. The molecule has 0 radical (unpaired) electrons. The first-order valence-corrected chi connectivity index (χ1v) is 11.8. The number of barbiturate groups is 1. The highest BCUT2D eigenvalue weighted by atomic mass is 19.1. The summed E-state index contributed by atoms with van der Waals surface area (Å²) in [5.74, 6) is -1.28. The smallest absolute Gasteiger partial charge is 0.335 e. The van der Waals surface area contributed by atoms with Gasteiger partial charge in [-0.3, -0.25) is 14.9 Å². The molecule has 1 N–H and O–H groups in total. The van der Waals surface area contributed by atoms with Crippen molar-refractivity contribution in [3.8, 4) is 5.75 Å². The van der Waals surface area contributed by atoms with Crippen LogP contribution < -0.4 is 15.0 Å². The van der Waals surface area contributed by atoms with Gasteiger partial charge in [0.05, 0.1) is 12.2 Å². The van der Waals surface area contributed by atoms with Gasteiger partial charge in [0.2, 0.25) is 0 Å². The summed E-state index contributed by atoms with van der Waals surface area (Å²) in [5.41, 5.74) is 3.77. The third kappa shape index (κ3) is 4.86. The number of nitrogens with zero attached hydrogens (tertiary/aromatic N) is 2. The third-order valence-corrected chi connectivity index (χ3v) is 6.10. The third-order valence-electron chi connectivity index (χ3n) is 6.10. The predicted octanol–water partition coefficient (Wildman–Crippen LogP) is 5.14. The lowest BCUT2D eigenvalue weighted by Crippen LogP contribution is -2.54. The first-order valence-electron chi connectivity index (χ1n) is 11.8. The van der Waals surface area contributed by atoms with Crippen molar-refractivity contribution < 1.29 is 23.5 Å². The summed E-state index contributed by atoms with van der Waals surface area (Å²) in [5, 5.41) is 3.04. The van der Waals surface area contributed by atoms with Gasteiger partial charge in [-0.05, 0) is 73.5 Å². The van der Waals surface area contributed by atoms with Gasteiger partial charge < -0.3 is 9.30 Å². The van der Waals surface area contributed by atoms with Crippen molar-refractivity contribution in [1.29, 1.82) is 0 Å². The Labute approximate surface area is 212 Å². The number of amides is 4. The number of rotatable bonds is 6. The molecule has 4 aromatic rings. The Hall–Kier alpha value is -4.72. The minimum Gasteiger partial charge on any atom is -0.492 e. The van der Waals surface area contributed by atoms with Crippen LogP contribution in [0.5, 0.6) is 5.75 Å². The quantitative estimate of drug-likeness (QED) is 0.295. The molecule has 0 atom stereocenters. The highest BCUT2D eigenvalue weighted by Gasteiger charge is 2.37. The number of urea groups is 1. The van der Waals surface area contributed by atoms with E-state index in [4.69, 9.17) is 4.74 Å². The van der Waals surface area contributed by atoms with Gasteiger partial charge in [-0.15, -0.1) is 0 Å². The number of aryl methyl sites for hydroxylation is 2. The zero-order valence-electron chi connectivity index (χ0n) is 20.3. The molecule has 1 saturated heterocycles. The zero-order valence-corrected chi connectivity index (χ0v) is 20.3. The monoisotopic (exact) mass is 497 g/mol. The summed E-state index contributed by atoms with van der Waals surface area (Å²) >= 11 is 0. The van der Waals surface area contributed by atoms with Crippen LogP contribution in [0.25, 0.3) is 17.0 Å². The van der Waals surface area contributed by atoms with Crippen LogP contribution in [-0.4, -0.2) is 29.0 Å². The number of ether oxygens (including phenoxy) is 1. The minimum absolute atomic E-state index is 0.160. The Balaban J connectivity index is 1.44. The van der Waals surface area contributed by atoms with Crippen LogP contribution in [0.4, 0.5) is 14.9 Å². The van der Waals surface area contributed by atoms with Gasteiger partial charge in [-0.2, -0.15) is 0 Å². The lowest BCUT2D eigenvalue weighted by molar-refractivity contribution is -0.122. The number of hydrogen-bond acceptors (Lipinski definition) is 4. The molecule has 186 valence electrons. The van der Waals surface area contributed by atoms with E-state index in [2.05, 4.69) is 11.4 Å². The molecule has 5 rings (SSSR count). The maximum absolute atomic E-state index is 13.4. The van der Waals surface area contributed by atoms with Gasteiger partial charge in [-0.25, -0.2) is 14.1 Å². The number of aromatic nitrogens is 1. The van der Waals surface area contributed by atoms with E-state index in [1.165, 1.54) is 18.2 Å². The van der Waals surface area contributed by atoms with Crippen LogP contribution in [0.2, 0.25) is 0 Å². The van der Waals surface area contributed by atoms with Crippen molar-refractivity contribution in [3.63, 3.8) is 0 Å². The number of anilines is 1. The fourth-order valence-corrected chi connectivity index (χ4v) is 4.49. The van der Waals surface area contributed by atoms with E-state index in [9.17, 15) is 18.8 Å². The van der Waals surface area contributed by atoms with Crippen molar-refractivity contribution in [2.45, 2.75) is 20.4 Å². The summed E-state index contributed by atoms with van der Waals surface area (Å²) in [6.07, 6.45) is 3.33. The second-order valence-corrected chi connectivity index (χ2v) is 8.90. The SMILES string of the molecule is Cc1cc(C)cc(OCCn2cc(/C=C3/C(=O)NC(=O)N(c4ccc(F)cc4)C3=O)c3ccccc32)c1. The predicted molar refractivity (Wildman–Crippen MR) is 139 cm³/mol. The van der Waals surface area contributed by atoms with Crippen molar-refractivity contribution >= 4 is 40.5 Å². The molecule has 7 nitrogen and oxygen atoms in total. The fraction of sp³-hybridized carbons (Fsp3) is 0.138. The molecule has 4 amide bonds. The maximum atomic E-state index is 13.4. The van der Waals surface area contributed by atoms with Gasteiger partial charge in [0.15, 0.2) is 0 Å². The number of para-hydroxylation sites is 1. The molecular formula is C29H24FN3O4. The summed E-state index contributed by atoms with van der Waals surface area (Å²) in [6, 6.07) is 17.7. The molecule has 1 aliphatic rings. The lowest BCUT2D eigenvalue weighted by Gasteiger charge is -2.26. The zero-order chi connectivity index (χ0) is 26.1. The van der Waals surface area contributed by atoms with Crippen molar-refractivity contribution in [2.75, 3.05) is 11.5 Å². The van der Waals surface area contributed by atoms with Crippen LogP contribution in [0.1, 0.15) is 16.7 Å². The number of benzene rings is 3. The molecule has 0 aliphatic carbocycles. The van der Waals surface area contributed by atoms with Gasteiger partial charge in [0.25, 0.3) is 11.8 Å². The molecular weight excluding hydrogens is 473 g/mol. The van der Waals surface area contributed by atoms with Gasteiger partial charge in [0.1, 0.15) is 23.7 Å². The van der Waals surface area contributed by atoms with Crippen molar-refractivity contribution in [3.05, 3.63) is 101 Å². The Morgan fingerprint density at radius 1 is 0.946 bits per heavy atom. The van der Waals surface area contributed by atoms with Crippen LogP contribution in [0.15, 0.2) is 78.5 Å². The van der Waals surface area contributed by atoms with E-state index in [1.807, 2.05) is 61.0 Å². The number of imide groups is 2. The molecule has 1 aliphatic heterocycles. The highest BCUT2D eigenvalue weighted by Crippen LogP contribution is 2.27.